The lowest BCUT2D eigenvalue weighted by molar-refractivity contribution is -0.297. The number of rotatable bonds is 18. The van der Waals surface area contributed by atoms with E-state index in [9.17, 15) is 0 Å². The average molecular weight is 408 g/mol. The molecule has 28 heavy (non-hydrogen) atoms. The predicted octanol–water partition coefficient (Wildman–Crippen LogP) is 2.09. The summed E-state index contributed by atoms with van der Waals surface area (Å²) in [5.74, 6) is -1.23. The van der Waals surface area contributed by atoms with Crippen LogP contribution in [0.15, 0.2) is 12.7 Å². The van der Waals surface area contributed by atoms with Crippen LogP contribution in [0, 0.1) is 0 Å². The minimum Gasteiger partial charge on any atom is -0.545 e. The fourth-order valence-corrected chi connectivity index (χ4v) is 1.81. The molecule has 170 valence electrons. The highest BCUT2D eigenvalue weighted by Crippen LogP contribution is 2.01. The van der Waals surface area contributed by atoms with E-state index in [1.807, 2.05) is 0 Å². The van der Waals surface area contributed by atoms with Crippen molar-refractivity contribution in [2.75, 3.05) is 52.9 Å². The number of aliphatic carboxylic acids is 1. The standard InChI is InChI=1S/C12H26O.C6H14O4.C3H4O2/c1-3-5-7-9-11-13-12-10-8-6-4-2;7-1-3-9-5-6-10-4-2-8;1-2-3(4)5/h3-12H2,1-2H3;7-8H,1-6H2;2H,1H2,(H,4,5)/p-1. The highest BCUT2D eigenvalue weighted by Gasteiger charge is 1.90. The van der Waals surface area contributed by atoms with Gasteiger partial charge in [0.1, 0.15) is 0 Å². The monoisotopic (exact) mass is 407 g/mol. The van der Waals surface area contributed by atoms with Crippen molar-refractivity contribution in [1.29, 1.82) is 0 Å². The fourth-order valence-electron chi connectivity index (χ4n) is 1.81. The summed E-state index contributed by atoms with van der Waals surface area (Å²) in [6.07, 6.45) is 11.3. The normalized spacial score (nSPS) is 9.71. The molecule has 0 radical (unpaired) electrons. The van der Waals surface area contributed by atoms with Gasteiger partial charge >= 0.3 is 0 Å². The van der Waals surface area contributed by atoms with Crippen molar-refractivity contribution in [2.45, 2.75) is 65.2 Å². The van der Waals surface area contributed by atoms with E-state index in [0.717, 1.165) is 19.3 Å². The highest BCUT2D eigenvalue weighted by atomic mass is 16.5. The topological polar surface area (TPSA) is 108 Å². The SMILES string of the molecule is C=CC(=O)[O-].CCCCCCOCCCCCC.OCCOCCOCCO. The summed E-state index contributed by atoms with van der Waals surface area (Å²) in [7, 11) is 0. The molecular weight excluding hydrogens is 364 g/mol. The van der Waals surface area contributed by atoms with Gasteiger partial charge in [0.2, 0.25) is 0 Å². The zero-order valence-electron chi connectivity index (χ0n) is 18.0. The molecule has 0 aliphatic heterocycles. The van der Waals surface area contributed by atoms with Crippen LogP contribution in [0.1, 0.15) is 65.2 Å². The van der Waals surface area contributed by atoms with Crippen molar-refractivity contribution in [3.8, 4) is 0 Å². The maximum Gasteiger partial charge on any atom is 0.0701 e. The van der Waals surface area contributed by atoms with Gasteiger partial charge in [-0.1, -0.05) is 59.0 Å². The van der Waals surface area contributed by atoms with Crippen LogP contribution in [-0.4, -0.2) is 69.0 Å². The number of carbonyl (C=O) groups is 1. The van der Waals surface area contributed by atoms with E-state index in [-0.39, 0.29) is 13.2 Å². The second kappa shape index (κ2) is 33.6. The van der Waals surface area contributed by atoms with Gasteiger partial charge in [-0.25, -0.2) is 0 Å². The van der Waals surface area contributed by atoms with Gasteiger partial charge in [0.25, 0.3) is 0 Å². The number of aliphatic hydroxyl groups is 2. The Labute approximate surface area is 171 Å². The van der Waals surface area contributed by atoms with Gasteiger partial charge in [-0.2, -0.15) is 0 Å². The first-order valence-electron chi connectivity index (χ1n) is 10.4. The summed E-state index contributed by atoms with van der Waals surface area (Å²) in [6.45, 7) is 11.1. The van der Waals surface area contributed by atoms with Crippen LogP contribution in [0.25, 0.3) is 0 Å². The van der Waals surface area contributed by atoms with E-state index >= 15 is 0 Å². The number of unbranched alkanes of at least 4 members (excludes halogenated alkanes) is 6. The lowest BCUT2D eigenvalue weighted by Crippen LogP contribution is -2.17. The Balaban J connectivity index is -0.000000368. The number of ether oxygens (including phenoxy) is 3. The minimum absolute atomic E-state index is 0.0417. The van der Waals surface area contributed by atoms with Gasteiger partial charge in [0, 0.05) is 13.2 Å². The molecule has 0 amide bonds. The first-order valence-corrected chi connectivity index (χ1v) is 10.4. The molecule has 0 saturated heterocycles. The van der Waals surface area contributed by atoms with E-state index in [2.05, 4.69) is 20.4 Å². The molecular formula is C21H43O7-. The smallest absolute Gasteiger partial charge is 0.0701 e. The highest BCUT2D eigenvalue weighted by molar-refractivity contribution is 5.76. The fraction of sp³-hybridized carbons (Fsp3) is 0.857. The van der Waals surface area contributed by atoms with E-state index in [1.54, 1.807) is 0 Å². The number of hydrogen-bond acceptors (Lipinski definition) is 7. The third kappa shape index (κ3) is 44.4. The Bertz CT molecular complexity index is 268. The first-order chi connectivity index (χ1) is 13.6. The van der Waals surface area contributed by atoms with E-state index in [0.29, 0.717) is 26.4 Å². The van der Waals surface area contributed by atoms with Gasteiger partial charge in [0.05, 0.1) is 45.6 Å². The summed E-state index contributed by atoms with van der Waals surface area (Å²) >= 11 is 0. The maximum atomic E-state index is 9.14. The minimum atomic E-state index is -1.23. The van der Waals surface area contributed by atoms with Crippen molar-refractivity contribution in [3.63, 3.8) is 0 Å². The Morgan fingerprint density at radius 1 is 0.750 bits per heavy atom. The molecule has 0 aromatic heterocycles. The lowest BCUT2D eigenvalue weighted by atomic mass is 10.2. The third-order valence-corrected chi connectivity index (χ3v) is 3.29. The van der Waals surface area contributed by atoms with E-state index in [1.165, 1.54) is 51.4 Å². The molecule has 0 unspecified atom stereocenters. The number of carboxylic acid groups (broad SMARTS) is 1. The van der Waals surface area contributed by atoms with Crippen molar-refractivity contribution >= 4 is 5.97 Å². The van der Waals surface area contributed by atoms with Gasteiger partial charge in [-0.15, -0.1) is 0 Å². The second-order valence-corrected chi connectivity index (χ2v) is 5.93. The maximum absolute atomic E-state index is 9.14. The molecule has 0 aliphatic carbocycles. The lowest BCUT2D eigenvalue weighted by Gasteiger charge is -2.03. The number of carbonyl (C=O) groups excluding carboxylic acids is 1. The van der Waals surface area contributed by atoms with E-state index < -0.39 is 5.97 Å². The molecule has 0 saturated carbocycles. The molecule has 0 rings (SSSR count). The molecule has 0 fully saturated rings. The summed E-state index contributed by atoms with van der Waals surface area (Å²) < 4.78 is 15.3. The Kier molecular flexibility index (Phi) is 38.0. The van der Waals surface area contributed by atoms with Crippen molar-refractivity contribution in [2.24, 2.45) is 0 Å². The Morgan fingerprint density at radius 2 is 1.11 bits per heavy atom. The van der Waals surface area contributed by atoms with Crippen molar-refractivity contribution in [3.05, 3.63) is 12.7 Å². The molecule has 7 heteroatoms. The average Bonchev–Trinajstić information content (AvgIpc) is 2.70. The third-order valence-electron chi connectivity index (χ3n) is 3.29. The largest absolute Gasteiger partial charge is 0.545 e. The Hall–Kier alpha value is -0.990. The first kappa shape index (κ1) is 31.7. The van der Waals surface area contributed by atoms with Gasteiger partial charge < -0.3 is 34.3 Å². The van der Waals surface area contributed by atoms with Gasteiger partial charge in [0.15, 0.2) is 0 Å². The predicted molar refractivity (Wildman–Crippen MR) is 110 cm³/mol. The van der Waals surface area contributed by atoms with Crippen LogP contribution < -0.4 is 5.11 Å². The molecule has 0 heterocycles. The molecule has 0 aliphatic rings. The quantitative estimate of drug-likeness (QED) is 0.264. The zero-order chi connectivity index (χ0) is 21.7. The number of carboxylic acids is 1. The summed E-state index contributed by atoms with van der Waals surface area (Å²) in [5, 5.41) is 25.7. The number of aliphatic hydroxyl groups excluding tert-OH is 2. The summed E-state index contributed by atoms with van der Waals surface area (Å²) in [4.78, 5) is 9.14. The molecule has 0 spiro atoms. The van der Waals surface area contributed by atoms with Crippen LogP contribution in [0.3, 0.4) is 0 Å². The molecule has 7 nitrogen and oxygen atoms in total. The van der Waals surface area contributed by atoms with Crippen LogP contribution >= 0.6 is 0 Å². The van der Waals surface area contributed by atoms with Crippen LogP contribution in [0.2, 0.25) is 0 Å². The zero-order valence-corrected chi connectivity index (χ0v) is 18.0. The number of hydrogen-bond donors (Lipinski definition) is 2. The van der Waals surface area contributed by atoms with Gasteiger partial charge in [-0.05, 0) is 18.9 Å². The summed E-state index contributed by atoms with van der Waals surface area (Å²) in [6, 6.07) is 0. The van der Waals surface area contributed by atoms with Crippen molar-refractivity contribution < 1.29 is 34.3 Å². The molecule has 0 bridgehead atoms. The van der Waals surface area contributed by atoms with E-state index in [4.69, 9.17) is 34.3 Å². The molecule has 0 atom stereocenters. The molecule has 0 aromatic carbocycles. The van der Waals surface area contributed by atoms with Crippen molar-refractivity contribution in [1.82, 2.24) is 0 Å². The van der Waals surface area contributed by atoms with Crippen LogP contribution in [0.4, 0.5) is 0 Å². The van der Waals surface area contributed by atoms with Crippen LogP contribution in [-0.2, 0) is 19.0 Å². The Morgan fingerprint density at radius 3 is 1.39 bits per heavy atom. The van der Waals surface area contributed by atoms with Crippen LogP contribution in [0.5, 0.6) is 0 Å². The second-order valence-electron chi connectivity index (χ2n) is 5.93. The molecule has 2 N–H and O–H groups in total. The molecule has 0 aromatic rings. The summed E-state index contributed by atoms with van der Waals surface area (Å²) in [5.41, 5.74) is 0. The van der Waals surface area contributed by atoms with Gasteiger partial charge in [-0.3, -0.25) is 0 Å².